The van der Waals surface area contributed by atoms with Gasteiger partial charge in [0.2, 0.25) is 0 Å². The fourth-order valence-corrected chi connectivity index (χ4v) is 2.09. The summed E-state index contributed by atoms with van der Waals surface area (Å²) >= 11 is 8.99. The fraction of sp³-hybridized carbons (Fsp3) is 0.250. The molecule has 0 amide bonds. The fourth-order valence-electron chi connectivity index (χ4n) is 0.895. The van der Waals surface area contributed by atoms with Crippen LogP contribution in [0.4, 0.5) is 0 Å². The third-order valence-corrected chi connectivity index (χ3v) is 4.23. The van der Waals surface area contributed by atoms with Gasteiger partial charge in [0, 0.05) is 10.7 Å². The molecule has 2 nitrogen and oxygen atoms in total. The molecule has 1 aromatic carbocycles. The van der Waals surface area contributed by atoms with Crippen LogP contribution in [0.25, 0.3) is 0 Å². The van der Waals surface area contributed by atoms with Crippen LogP contribution in [-0.2, 0) is 9.84 Å². The summed E-state index contributed by atoms with van der Waals surface area (Å²) in [6, 6.07) is 6.94. The largest absolute Gasteiger partial charge is 0.227 e. The van der Waals surface area contributed by atoms with Crippen molar-refractivity contribution in [1.29, 1.82) is 0 Å². The van der Waals surface area contributed by atoms with Gasteiger partial charge in [0.25, 0.3) is 0 Å². The summed E-state index contributed by atoms with van der Waals surface area (Å²) in [5.41, 5.74) is 0.582. The molecule has 0 bridgehead atoms. The monoisotopic (exact) mass is 282 g/mol. The maximum Gasteiger partial charge on any atom is 0.168 e. The van der Waals surface area contributed by atoms with Gasteiger partial charge in [-0.15, -0.1) is 11.6 Å². The molecule has 0 aromatic heterocycles. The Kier molecular flexibility index (Phi) is 3.38. The Balaban J connectivity index is 3.10. The third kappa shape index (κ3) is 2.97. The van der Waals surface area contributed by atoms with E-state index in [9.17, 15) is 8.42 Å². The van der Waals surface area contributed by atoms with Crippen LogP contribution in [0.1, 0.15) is 10.3 Å². The molecule has 0 heterocycles. The molecule has 1 rings (SSSR count). The number of hydrogen-bond acceptors (Lipinski definition) is 2. The molecule has 1 aromatic rings. The summed E-state index contributed by atoms with van der Waals surface area (Å²) in [5, 5.41) is 0. The lowest BCUT2D eigenvalue weighted by Crippen LogP contribution is -2.04. The van der Waals surface area contributed by atoms with Gasteiger partial charge in [0.05, 0.1) is 0 Å². The molecule has 0 N–H and O–H groups in total. The average Bonchev–Trinajstić information content (AvgIpc) is 2.01. The van der Waals surface area contributed by atoms with Crippen LogP contribution in [0.3, 0.4) is 0 Å². The van der Waals surface area contributed by atoms with Crippen molar-refractivity contribution >= 4 is 37.4 Å². The quantitative estimate of drug-likeness (QED) is 0.782. The molecular weight excluding hydrogens is 276 g/mol. The molecule has 1 unspecified atom stereocenters. The molecule has 72 valence electrons. The summed E-state index contributed by atoms with van der Waals surface area (Å²) in [7, 11) is -3.23. The summed E-state index contributed by atoms with van der Waals surface area (Å²) in [6.45, 7) is 0. The molecule has 0 radical (unpaired) electrons. The van der Waals surface area contributed by atoms with Gasteiger partial charge < -0.3 is 0 Å². The minimum atomic E-state index is -3.23. The first-order chi connectivity index (χ1) is 5.91. The number of rotatable bonds is 2. The van der Waals surface area contributed by atoms with Crippen molar-refractivity contribution in [2.45, 2.75) is 4.71 Å². The van der Waals surface area contributed by atoms with Crippen molar-refractivity contribution in [3.05, 3.63) is 34.3 Å². The molecule has 1 atom stereocenters. The highest BCUT2D eigenvalue weighted by atomic mass is 79.9. The van der Waals surface area contributed by atoms with Gasteiger partial charge in [-0.05, 0) is 17.7 Å². The normalized spacial score (nSPS) is 14.1. The molecule has 0 saturated heterocycles. The minimum absolute atomic E-state index is 0.582. The number of benzene rings is 1. The molecule has 0 aliphatic carbocycles. The first kappa shape index (κ1) is 11.0. The van der Waals surface area contributed by atoms with Crippen LogP contribution in [0.15, 0.2) is 28.7 Å². The summed E-state index contributed by atoms with van der Waals surface area (Å²) in [5.74, 6) is 0. The van der Waals surface area contributed by atoms with E-state index in [1.165, 1.54) is 0 Å². The SMILES string of the molecule is CS(=O)(=O)C(Cl)c1cccc(Br)c1. The third-order valence-electron chi connectivity index (χ3n) is 1.49. The van der Waals surface area contributed by atoms with E-state index >= 15 is 0 Å². The highest BCUT2D eigenvalue weighted by Gasteiger charge is 2.19. The maximum atomic E-state index is 11.1. The Labute approximate surface area is 91.0 Å². The Morgan fingerprint density at radius 3 is 2.54 bits per heavy atom. The van der Waals surface area contributed by atoms with E-state index in [-0.39, 0.29) is 0 Å². The standard InChI is InChI=1S/C8H8BrClO2S/c1-13(11,12)8(10)6-3-2-4-7(9)5-6/h2-5,8H,1H3. The van der Waals surface area contributed by atoms with Crippen LogP contribution in [0.2, 0.25) is 0 Å². The predicted octanol–water partition coefficient (Wildman–Crippen LogP) is 2.73. The van der Waals surface area contributed by atoms with Crippen LogP contribution >= 0.6 is 27.5 Å². The second kappa shape index (κ2) is 3.98. The van der Waals surface area contributed by atoms with Gasteiger partial charge >= 0.3 is 0 Å². The topological polar surface area (TPSA) is 34.1 Å². The number of halogens is 2. The van der Waals surface area contributed by atoms with Crippen LogP contribution in [0, 0.1) is 0 Å². The van der Waals surface area contributed by atoms with Gasteiger partial charge in [0.1, 0.15) is 0 Å². The van der Waals surface area contributed by atoms with Gasteiger partial charge in [-0.3, -0.25) is 0 Å². The Morgan fingerprint density at radius 2 is 2.08 bits per heavy atom. The van der Waals surface area contributed by atoms with E-state index in [4.69, 9.17) is 11.6 Å². The highest BCUT2D eigenvalue weighted by Crippen LogP contribution is 2.27. The van der Waals surface area contributed by atoms with Gasteiger partial charge in [-0.2, -0.15) is 0 Å². The zero-order valence-corrected chi connectivity index (χ0v) is 10.0. The van der Waals surface area contributed by atoms with Gasteiger partial charge in [-0.25, -0.2) is 8.42 Å². The van der Waals surface area contributed by atoms with E-state index in [1.54, 1.807) is 18.2 Å². The molecule has 0 saturated carbocycles. The Bertz CT molecular complexity index is 402. The molecule has 0 aliphatic rings. The van der Waals surface area contributed by atoms with Crippen LogP contribution < -0.4 is 0 Å². The summed E-state index contributed by atoms with van der Waals surface area (Å²) in [6.07, 6.45) is 1.12. The Morgan fingerprint density at radius 1 is 1.46 bits per heavy atom. The molecule has 0 spiro atoms. The average molecular weight is 284 g/mol. The first-order valence-electron chi connectivity index (χ1n) is 3.49. The van der Waals surface area contributed by atoms with Gasteiger partial charge in [-0.1, -0.05) is 28.1 Å². The second-order valence-electron chi connectivity index (χ2n) is 2.70. The van der Waals surface area contributed by atoms with Crippen molar-refractivity contribution in [3.8, 4) is 0 Å². The molecule has 0 aliphatic heterocycles. The smallest absolute Gasteiger partial charge is 0.168 e. The van der Waals surface area contributed by atoms with Crippen molar-refractivity contribution in [3.63, 3.8) is 0 Å². The highest BCUT2D eigenvalue weighted by molar-refractivity contribution is 9.10. The maximum absolute atomic E-state index is 11.1. The van der Waals surface area contributed by atoms with Crippen LogP contribution in [-0.4, -0.2) is 14.7 Å². The Hall–Kier alpha value is -0.0600. The molecule has 13 heavy (non-hydrogen) atoms. The van der Waals surface area contributed by atoms with Crippen molar-refractivity contribution in [1.82, 2.24) is 0 Å². The summed E-state index contributed by atoms with van der Waals surface area (Å²) in [4.78, 5) is 0. The lowest BCUT2D eigenvalue weighted by molar-refractivity contribution is 0.599. The number of sulfone groups is 1. The second-order valence-corrected chi connectivity index (χ2v) is 6.44. The zero-order chi connectivity index (χ0) is 10.1. The van der Waals surface area contributed by atoms with Crippen molar-refractivity contribution in [2.24, 2.45) is 0 Å². The minimum Gasteiger partial charge on any atom is -0.227 e. The zero-order valence-electron chi connectivity index (χ0n) is 6.87. The van der Waals surface area contributed by atoms with Crippen LogP contribution in [0.5, 0.6) is 0 Å². The van der Waals surface area contributed by atoms with E-state index < -0.39 is 14.5 Å². The van der Waals surface area contributed by atoms with Gasteiger partial charge in [0.15, 0.2) is 14.5 Å². The van der Waals surface area contributed by atoms with E-state index in [0.717, 1.165) is 10.7 Å². The van der Waals surface area contributed by atoms with E-state index in [2.05, 4.69) is 15.9 Å². The van der Waals surface area contributed by atoms with E-state index in [0.29, 0.717) is 5.56 Å². The summed E-state index contributed by atoms with van der Waals surface area (Å²) < 4.78 is 22.0. The first-order valence-corrected chi connectivity index (χ1v) is 6.68. The predicted molar refractivity (Wildman–Crippen MR) is 57.6 cm³/mol. The van der Waals surface area contributed by atoms with Crippen molar-refractivity contribution < 1.29 is 8.42 Å². The number of hydrogen-bond donors (Lipinski definition) is 0. The molecular formula is C8H8BrClO2S. The molecule has 5 heteroatoms. The molecule has 0 fully saturated rings. The lowest BCUT2D eigenvalue weighted by Gasteiger charge is -2.07. The van der Waals surface area contributed by atoms with Crippen molar-refractivity contribution in [2.75, 3.05) is 6.26 Å². The lowest BCUT2D eigenvalue weighted by atomic mass is 10.2. The number of alkyl halides is 1. The van der Waals surface area contributed by atoms with E-state index in [1.807, 2.05) is 6.07 Å².